The first-order valence-electron chi connectivity index (χ1n) is 21.1. The van der Waals surface area contributed by atoms with Gasteiger partial charge in [-0.05, 0) is 25.7 Å². The number of hydrogen-bond acceptors (Lipinski definition) is 2. The summed E-state index contributed by atoms with van der Waals surface area (Å²) in [7, 11) is 0. The van der Waals surface area contributed by atoms with Crippen molar-refractivity contribution >= 4 is 0 Å². The first-order valence-corrected chi connectivity index (χ1v) is 21.1. The average molecular weight is 623 g/mol. The van der Waals surface area contributed by atoms with Gasteiger partial charge in [-0.3, -0.25) is 0 Å². The highest BCUT2D eigenvalue weighted by molar-refractivity contribution is 4.60. The highest BCUT2D eigenvalue weighted by Gasteiger charge is 2.06. The van der Waals surface area contributed by atoms with Gasteiger partial charge in [0.1, 0.15) is 0 Å². The summed E-state index contributed by atoms with van der Waals surface area (Å²) in [4.78, 5) is 0. The monoisotopic (exact) mass is 623 g/mol. The molecule has 2 heteroatoms. The van der Waals surface area contributed by atoms with Crippen molar-refractivity contribution in [1.82, 2.24) is 0 Å². The molecule has 44 heavy (non-hydrogen) atoms. The Morgan fingerprint density at radius 2 is 0.364 bits per heavy atom. The molecule has 0 radical (unpaired) electrons. The molecule has 0 aromatic heterocycles. The Balaban J connectivity index is 3.24. The van der Waals surface area contributed by atoms with Gasteiger partial charge in [0.25, 0.3) is 0 Å². The molecule has 2 unspecified atom stereocenters. The molecule has 0 saturated carbocycles. The van der Waals surface area contributed by atoms with Crippen LogP contribution < -0.4 is 0 Å². The minimum atomic E-state index is -0.0901. The van der Waals surface area contributed by atoms with E-state index in [4.69, 9.17) is 0 Å². The van der Waals surface area contributed by atoms with Crippen LogP contribution in [0.4, 0.5) is 0 Å². The van der Waals surface area contributed by atoms with Crippen LogP contribution in [-0.2, 0) is 0 Å². The summed E-state index contributed by atoms with van der Waals surface area (Å²) in [5, 5.41) is 20.6. The van der Waals surface area contributed by atoms with Crippen molar-refractivity contribution in [3.8, 4) is 0 Å². The predicted molar refractivity (Wildman–Crippen MR) is 199 cm³/mol. The molecule has 2 atom stereocenters. The summed E-state index contributed by atoms with van der Waals surface area (Å²) in [6.45, 7) is 4.59. The number of aliphatic hydroxyl groups excluding tert-OH is 2. The van der Waals surface area contributed by atoms with Gasteiger partial charge in [0, 0.05) is 0 Å². The van der Waals surface area contributed by atoms with Gasteiger partial charge in [-0.1, -0.05) is 232 Å². The van der Waals surface area contributed by atoms with E-state index in [1.165, 1.54) is 205 Å². The first-order chi connectivity index (χ1) is 21.7. The molecule has 266 valence electrons. The molecule has 0 fully saturated rings. The second-order valence-electron chi connectivity index (χ2n) is 14.8. The van der Waals surface area contributed by atoms with E-state index in [9.17, 15) is 10.2 Å². The second-order valence-corrected chi connectivity index (χ2v) is 14.8. The van der Waals surface area contributed by atoms with Crippen molar-refractivity contribution < 1.29 is 10.2 Å². The Labute approximate surface area is 279 Å². The molecule has 2 nitrogen and oxygen atoms in total. The Morgan fingerprint density at radius 3 is 0.523 bits per heavy atom. The van der Waals surface area contributed by atoms with E-state index in [1.54, 1.807) is 0 Å². The van der Waals surface area contributed by atoms with E-state index in [1.807, 2.05) is 0 Å². The quantitative estimate of drug-likeness (QED) is 0.0669. The maximum absolute atomic E-state index is 10.3. The van der Waals surface area contributed by atoms with Crippen LogP contribution in [0.25, 0.3) is 0 Å². The Bertz CT molecular complexity index is 448. The summed E-state index contributed by atoms with van der Waals surface area (Å²) < 4.78 is 0. The van der Waals surface area contributed by atoms with Gasteiger partial charge >= 0.3 is 0 Å². The molecule has 0 aromatic rings. The van der Waals surface area contributed by atoms with Crippen molar-refractivity contribution in [3.63, 3.8) is 0 Å². The lowest BCUT2D eigenvalue weighted by molar-refractivity contribution is 0.142. The van der Waals surface area contributed by atoms with Gasteiger partial charge in [-0.15, -0.1) is 0 Å². The molecule has 0 spiro atoms. The van der Waals surface area contributed by atoms with Crippen LogP contribution in [0.3, 0.4) is 0 Å². The largest absolute Gasteiger partial charge is 0.393 e. The standard InChI is InChI=1S/C42H86O2/c1-3-5-7-9-11-13-15-17-19-21-23-25-27-29-33-37-41(43)39-35-31-32-36-40-42(44)38-34-30-28-26-24-22-20-18-16-14-12-10-8-6-4-2/h41-44H,3-40H2,1-2H3. The normalized spacial score (nSPS) is 13.1. The van der Waals surface area contributed by atoms with Gasteiger partial charge < -0.3 is 10.2 Å². The topological polar surface area (TPSA) is 40.5 Å². The SMILES string of the molecule is CCCCCCCCCCCCCCCCCC(O)CCCCCCC(O)CCCCCCCCCCCCCCCCC. The molecule has 0 saturated heterocycles. The fraction of sp³-hybridized carbons (Fsp3) is 1.00. The molecule has 0 bridgehead atoms. The summed E-state index contributed by atoms with van der Waals surface area (Å²) in [5.74, 6) is 0. The fourth-order valence-electron chi connectivity index (χ4n) is 6.90. The molecule has 0 rings (SSSR count). The third-order valence-electron chi connectivity index (χ3n) is 10.1. The van der Waals surface area contributed by atoms with Crippen LogP contribution in [0.1, 0.15) is 258 Å². The summed E-state index contributed by atoms with van der Waals surface area (Å²) in [5.41, 5.74) is 0. The molecule has 0 amide bonds. The average Bonchev–Trinajstić information content (AvgIpc) is 3.02. The smallest absolute Gasteiger partial charge is 0.0540 e. The van der Waals surface area contributed by atoms with E-state index in [2.05, 4.69) is 13.8 Å². The first kappa shape index (κ1) is 43.9. The molecule has 0 heterocycles. The summed E-state index contributed by atoms with van der Waals surface area (Å²) in [6, 6.07) is 0. The third kappa shape index (κ3) is 38.1. The maximum atomic E-state index is 10.3. The highest BCUT2D eigenvalue weighted by Crippen LogP contribution is 2.18. The zero-order valence-electron chi connectivity index (χ0n) is 30.9. The van der Waals surface area contributed by atoms with E-state index in [0.717, 1.165) is 38.5 Å². The van der Waals surface area contributed by atoms with Gasteiger partial charge in [0.05, 0.1) is 12.2 Å². The lowest BCUT2D eigenvalue weighted by Crippen LogP contribution is -2.07. The second kappa shape index (κ2) is 39.1. The van der Waals surface area contributed by atoms with Crippen LogP contribution in [-0.4, -0.2) is 22.4 Å². The lowest BCUT2D eigenvalue weighted by atomic mass is 10.00. The number of hydrogen-bond donors (Lipinski definition) is 2. The molecular weight excluding hydrogens is 536 g/mol. The summed E-state index contributed by atoms with van der Waals surface area (Å²) in [6.07, 6.45) is 50.4. The van der Waals surface area contributed by atoms with Gasteiger partial charge in [-0.25, -0.2) is 0 Å². The fourth-order valence-corrected chi connectivity index (χ4v) is 6.90. The summed E-state index contributed by atoms with van der Waals surface area (Å²) >= 11 is 0. The Kier molecular flexibility index (Phi) is 39.0. The van der Waals surface area contributed by atoms with E-state index < -0.39 is 0 Å². The molecular formula is C42H86O2. The van der Waals surface area contributed by atoms with E-state index in [0.29, 0.717) is 0 Å². The molecule has 0 aliphatic heterocycles. The van der Waals surface area contributed by atoms with Crippen LogP contribution >= 0.6 is 0 Å². The number of aliphatic hydroxyl groups is 2. The molecule has 0 aromatic carbocycles. The zero-order valence-corrected chi connectivity index (χ0v) is 30.9. The van der Waals surface area contributed by atoms with Crippen molar-refractivity contribution in [2.45, 2.75) is 270 Å². The van der Waals surface area contributed by atoms with Crippen molar-refractivity contribution in [2.75, 3.05) is 0 Å². The van der Waals surface area contributed by atoms with Crippen LogP contribution in [0.15, 0.2) is 0 Å². The Hall–Kier alpha value is -0.0800. The van der Waals surface area contributed by atoms with E-state index >= 15 is 0 Å². The maximum Gasteiger partial charge on any atom is 0.0540 e. The molecule has 0 aliphatic rings. The van der Waals surface area contributed by atoms with E-state index in [-0.39, 0.29) is 12.2 Å². The van der Waals surface area contributed by atoms with Crippen LogP contribution in [0.5, 0.6) is 0 Å². The predicted octanol–water partition coefficient (Wildman–Crippen LogP) is 14.6. The minimum absolute atomic E-state index is 0.0901. The van der Waals surface area contributed by atoms with Gasteiger partial charge in [0.15, 0.2) is 0 Å². The third-order valence-corrected chi connectivity index (χ3v) is 10.1. The lowest BCUT2D eigenvalue weighted by Gasteiger charge is -2.12. The van der Waals surface area contributed by atoms with Crippen molar-refractivity contribution in [1.29, 1.82) is 0 Å². The van der Waals surface area contributed by atoms with Crippen LogP contribution in [0.2, 0.25) is 0 Å². The van der Waals surface area contributed by atoms with Gasteiger partial charge in [-0.2, -0.15) is 0 Å². The number of rotatable bonds is 39. The van der Waals surface area contributed by atoms with Crippen molar-refractivity contribution in [3.05, 3.63) is 0 Å². The number of unbranched alkanes of at least 4 members (excludes halogenated alkanes) is 31. The zero-order chi connectivity index (χ0) is 32.0. The van der Waals surface area contributed by atoms with Crippen LogP contribution in [0, 0.1) is 0 Å². The Morgan fingerprint density at radius 1 is 0.227 bits per heavy atom. The molecule has 0 aliphatic carbocycles. The molecule has 2 N–H and O–H groups in total. The van der Waals surface area contributed by atoms with Crippen molar-refractivity contribution in [2.24, 2.45) is 0 Å². The highest BCUT2D eigenvalue weighted by atomic mass is 16.3. The minimum Gasteiger partial charge on any atom is -0.393 e. The van der Waals surface area contributed by atoms with Gasteiger partial charge in [0.2, 0.25) is 0 Å².